The van der Waals surface area contributed by atoms with Gasteiger partial charge in [0.1, 0.15) is 0 Å². The lowest BCUT2D eigenvalue weighted by Gasteiger charge is -2.28. The smallest absolute Gasteiger partial charge is 0.404 e. The molecule has 1 heterocycles. The number of carboxylic acid groups (broad SMARTS) is 1. The number of aryl methyl sites for hydroxylation is 1. The van der Waals surface area contributed by atoms with Crippen molar-refractivity contribution in [2.24, 2.45) is 0 Å². The molecule has 1 aromatic carbocycles. The maximum atomic E-state index is 10.7. The molecule has 3 rings (SSSR count). The summed E-state index contributed by atoms with van der Waals surface area (Å²) in [6.45, 7) is 3.51. The Morgan fingerprint density at radius 3 is 2.81 bits per heavy atom. The molecule has 1 amide bonds. The highest BCUT2D eigenvalue weighted by Gasteiger charge is 2.20. The van der Waals surface area contributed by atoms with Crippen molar-refractivity contribution in [3.05, 3.63) is 34.9 Å². The second-order valence-corrected chi connectivity index (χ2v) is 6.33. The molecule has 4 heteroatoms. The number of rotatable bonds is 3. The molecular weight excluding hydrogens is 264 g/mol. The van der Waals surface area contributed by atoms with E-state index in [9.17, 15) is 4.79 Å². The molecule has 0 saturated carbocycles. The van der Waals surface area contributed by atoms with E-state index in [0.29, 0.717) is 0 Å². The lowest BCUT2D eigenvalue weighted by Crippen LogP contribution is -2.38. The number of fused-ring (bicyclic) bond motifs is 1. The zero-order chi connectivity index (χ0) is 14.7. The number of piperidine rings is 1. The molecule has 0 bridgehead atoms. The molecule has 0 spiro atoms. The van der Waals surface area contributed by atoms with Crippen LogP contribution in [0.25, 0.3) is 0 Å². The Balaban J connectivity index is 1.64. The fourth-order valence-electron chi connectivity index (χ4n) is 3.58. The Bertz CT molecular complexity index is 510. The SMILES string of the molecule is O=C(O)NC1CCc2cc(CN3CCCCC3)ccc2C1. The van der Waals surface area contributed by atoms with Crippen molar-refractivity contribution in [1.29, 1.82) is 0 Å². The van der Waals surface area contributed by atoms with Crippen molar-refractivity contribution in [2.75, 3.05) is 13.1 Å². The second-order valence-electron chi connectivity index (χ2n) is 6.33. The molecule has 1 unspecified atom stereocenters. The molecule has 1 aliphatic heterocycles. The third-order valence-corrected chi connectivity index (χ3v) is 4.68. The highest BCUT2D eigenvalue weighted by atomic mass is 16.4. The van der Waals surface area contributed by atoms with Crippen LogP contribution in [-0.4, -0.2) is 35.2 Å². The third kappa shape index (κ3) is 3.76. The number of hydrogen-bond acceptors (Lipinski definition) is 2. The summed E-state index contributed by atoms with van der Waals surface area (Å²) in [6.07, 6.45) is 5.83. The Hall–Kier alpha value is -1.55. The van der Waals surface area contributed by atoms with E-state index < -0.39 is 6.09 Å². The monoisotopic (exact) mass is 288 g/mol. The van der Waals surface area contributed by atoms with Gasteiger partial charge in [0, 0.05) is 12.6 Å². The average Bonchev–Trinajstić information content (AvgIpc) is 2.48. The number of hydrogen-bond donors (Lipinski definition) is 2. The summed E-state index contributed by atoms with van der Waals surface area (Å²) in [5, 5.41) is 11.4. The summed E-state index contributed by atoms with van der Waals surface area (Å²) in [7, 11) is 0. The van der Waals surface area contributed by atoms with Gasteiger partial charge in [-0.3, -0.25) is 4.90 Å². The predicted octanol–water partition coefficient (Wildman–Crippen LogP) is 2.80. The van der Waals surface area contributed by atoms with E-state index in [1.165, 1.54) is 49.0 Å². The molecule has 1 aromatic rings. The molecule has 2 N–H and O–H groups in total. The highest BCUT2D eigenvalue weighted by Crippen LogP contribution is 2.24. The van der Waals surface area contributed by atoms with E-state index in [1.807, 2.05) is 0 Å². The molecule has 0 aromatic heterocycles. The van der Waals surface area contributed by atoms with E-state index in [2.05, 4.69) is 28.4 Å². The molecule has 2 aliphatic rings. The number of nitrogens with one attached hydrogen (secondary N) is 1. The van der Waals surface area contributed by atoms with Gasteiger partial charge in [0.2, 0.25) is 0 Å². The minimum Gasteiger partial charge on any atom is -0.465 e. The lowest BCUT2D eigenvalue weighted by molar-refractivity contribution is 0.188. The van der Waals surface area contributed by atoms with Crippen molar-refractivity contribution < 1.29 is 9.90 Å². The van der Waals surface area contributed by atoms with Crippen LogP contribution < -0.4 is 5.32 Å². The average molecular weight is 288 g/mol. The van der Waals surface area contributed by atoms with Crippen LogP contribution in [0.1, 0.15) is 42.4 Å². The Labute approximate surface area is 126 Å². The Kier molecular flexibility index (Phi) is 4.44. The summed E-state index contributed by atoms with van der Waals surface area (Å²) in [5.41, 5.74) is 4.12. The van der Waals surface area contributed by atoms with Gasteiger partial charge < -0.3 is 10.4 Å². The summed E-state index contributed by atoms with van der Waals surface area (Å²) in [5.74, 6) is 0. The molecule has 1 fully saturated rings. The maximum absolute atomic E-state index is 10.7. The third-order valence-electron chi connectivity index (χ3n) is 4.68. The van der Waals surface area contributed by atoms with E-state index >= 15 is 0 Å². The standard InChI is InChI=1S/C17H24N2O2/c20-17(21)18-16-7-6-14-10-13(4-5-15(14)11-16)12-19-8-2-1-3-9-19/h4-5,10,16,18H,1-3,6-9,11-12H2,(H,20,21). The number of likely N-dealkylation sites (tertiary alicyclic amines) is 1. The minimum absolute atomic E-state index is 0.0722. The number of benzene rings is 1. The first-order valence-corrected chi connectivity index (χ1v) is 8.03. The topological polar surface area (TPSA) is 52.6 Å². The Morgan fingerprint density at radius 2 is 2.05 bits per heavy atom. The first-order valence-electron chi connectivity index (χ1n) is 8.03. The van der Waals surface area contributed by atoms with Crippen LogP contribution in [0.3, 0.4) is 0 Å². The molecule has 114 valence electrons. The van der Waals surface area contributed by atoms with E-state index in [-0.39, 0.29) is 6.04 Å². The molecule has 1 aliphatic carbocycles. The first kappa shape index (κ1) is 14.4. The normalized spacial score (nSPS) is 22.6. The van der Waals surface area contributed by atoms with Crippen LogP contribution in [-0.2, 0) is 19.4 Å². The zero-order valence-electron chi connectivity index (χ0n) is 12.5. The van der Waals surface area contributed by atoms with Crippen molar-refractivity contribution >= 4 is 6.09 Å². The van der Waals surface area contributed by atoms with Gasteiger partial charge >= 0.3 is 6.09 Å². The predicted molar refractivity (Wildman–Crippen MR) is 82.5 cm³/mol. The van der Waals surface area contributed by atoms with Crippen LogP contribution in [0.5, 0.6) is 0 Å². The molecule has 1 saturated heterocycles. The van der Waals surface area contributed by atoms with Crippen LogP contribution in [0, 0.1) is 0 Å². The molecule has 4 nitrogen and oxygen atoms in total. The summed E-state index contributed by atoms with van der Waals surface area (Å²) < 4.78 is 0. The van der Waals surface area contributed by atoms with Gasteiger partial charge in [0.15, 0.2) is 0 Å². The second kappa shape index (κ2) is 6.48. The van der Waals surface area contributed by atoms with Crippen molar-refractivity contribution in [3.63, 3.8) is 0 Å². The zero-order valence-corrected chi connectivity index (χ0v) is 12.5. The number of nitrogens with zero attached hydrogens (tertiary/aromatic N) is 1. The van der Waals surface area contributed by atoms with Gasteiger partial charge in [0.25, 0.3) is 0 Å². The molecule has 21 heavy (non-hydrogen) atoms. The van der Waals surface area contributed by atoms with Crippen molar-refractivity contribution in [1.82, 2.24) is 10.2 Å². The summed E-state index contributed by atoms with van der Waals surface area (Å²) in [4.78, 5) is 13.3. The van der Waals surface area contributed by atoms with Crippen LogP contribution in [0.15, 0.2) is 18.2 Å². The van der Waals surface area contributed by atoms with Gasteiger partial charge in [-0.2, -0.15) is 0 Å². The molecule has 1 atom stereocenters. The fraction of sp³-hybridized carbons (Fsp3) is 0.588. The van der Waals surface area contributed by atoms with Gasteiger partial charge in [-0.25, -0.2) is 4.79 Å². The lowest BCUT2D eigenvalue weighted by atomic mass is 9.87. The van der Waals surface area contributed by atoms with E-state index in [0.717, 1.165) is 25.8 Å². The molecule has 0 radical (unpaired) electrons. The summed E-state index contributed by atoms with van der Waals surface area (Å²) >= 11 is 0. The number of carbonyl (C=O) groups is 1. The van der Waals surface area contributed by atoms with Crippen molar-refractivity contribution in [3.8, 4) is 0 Å². The van der Waals surface area contributed by atoms with Gasteiger partial charge in [0.05, 0.1) is 0 Å². The quantitative estimate of drug-likeness (QED) is 0.899. The summed E-state index contributed by atoms with van der Waals surface area (Å²) in [6, 6.07) is 6.82. The van der Waals surface area contributed by atoms with E-state index in [1.54, 1.807) is 0 Å². The first-order chi connectivity index (χ1) is 10.2. The van der Waals surface area contributed by atoms with Crippen molar-refractivity contribution in [2.45, 2.75) is 51.1 Å². The highest BCUT2D eigenvalue weighted by molar-refractivity contribution is 5.65. The van der Waals surface area contributed by atoms with Crippen LogP contribution >= 0.6 is 0 Å². The van der Waals surface area contributed by atoms with Gasteiger partial charge in [-0.15, -0.1) is 0 Å². The van der Waals surface area contributed by atoms with Gasteiger partial charge in [-0.05, 0) is 61.9 Å². The maximum Gasteiger partial charge on any atom is 0.404 e. The minimum atomic E-state index is -0.912. The Morgan fingerprint density at radius 1 is 1.24 bits per heavy atom. The fourth-order valence-corrected chi connectivity index (χ4v) is 3.58. The molecular formula is C17H24N2O2. The van der Waals surface area contributed by atoms with E-state index in [4.69, 9.17) is 5.11 Å². The van der Waals surface area contributed by atoms with Crippen LogP contribution in [0.2, 0.25) is 0 Å². The largest absolute Gasteiger partial charge is 0.465 e. The van der Waals surface area contributed by atoms with Gasteiger partial charge in [-0.1, -0.05) is 24.6 Å². The number of amides is 1. The van der Waals surface area contributed by atoms with Crippen LogP contribution in [0.4, 0.5) is 4.79 Å².